The fourth-order valence-electron chi connectivity index (χ4n) is 2.33. The predicted octanol–water partition coefficient (Wildman–Crippen LogP) is 0.753. The van der Waals surface area contributed by atoms with Gasteiger partial charge in [-0.2, -0.15) is 0 Å². The minimum absolute atomic E-state index is 0.172. The number of aliphatic hydroxyl groups is 1. The molecule has 0 spiro atoms. The standard InChI is InChI=1S/C15H17N3O3/c19-14(17-9-15(20)6-7-21-10-15)13-8-16-11-18(13)12-4-2-1-3-5-12/h1-5,8,11,20H,6-7,9-10H2,(H,17,19). The average Bonchev–Trinajstić information content (AvgIpc) is 3.15. The van der Waals surface area contributed by atoms with Crippen molar-refractivity contribution in [1.29, 1.82) is 0 Å². The number of ether oxygens (including phenoxy) is 1. The Balaban J connectivity index is 1.72. The number of hydrogen-bond acceptors (Lipinski definition) is 4. The smallest absolute Gasteiger partial charge is 0.270 e. The highest BCUT2D eigenvalue weighted by Gasteiger charge is 2.32. The van der Waals surface area contributed by atoms with Gasteiger partial charge in [0, 0.05) is 25.3 Å². The lowest BCUT2D eigenvalue weighted by atomic mass is 10.0. The number of rotatable bonds is 4. The van der Waals surface area contributed by atoms with Crippen LogP contribution in [0.4, 0.5) is 0 Å². The van der Waals surface area contributed by atoms with Gasteiger partial charge in [-0.1, -0.05) is 18.2 Å². The number of nitrogens with zero attached hydrogens (tertiary/aromatic N) is 2. The number of carbonyl (C=O) groups excluding carboxylic acids is 1. The minimum atomic E-state index is -0.965. The van der Waals surface area contributed by atoms with Crippen molar-refractivity contribution in [2.24, 2.45) is 0 Å². The van der Waals surface area contributed by atoms with Gasteiger partial charge in [-0.25, -0.2) is 4.98 Å². The number of imidazole rings is 1. The zero-order valence-corrected chi connectivity index (χ0v) is 11.5. The summed E-state index contributed by atoms with van der Waals surface area (Å²) in [5.74, 6) is -0.267. The summed E-state index contributed by atoms with van der Waals surface area (Å²) in [5.41, 5.74) is 0.333. The van der Waals surface area contributed by atoms with Crippen LogP contribution in [-0.2, 0) is 4.74 Å². The van der Waals surface area contributed by atoms with E-state index in [4.69, 9.17) is 4.74 Å². The fourth-order valence-corrected chi connectivity index (χ4v) is 2.33. The monoisotopic (exact) mass is 287 g/mol. The van der Waals surface area contributed by atoms with Crippen LogP contribution in [-0.4, -0.2) is 45.9 Å². The van der Waals surface area contributed by atoms with Crippen LogP contribution in [0.5, 0.6) is 0 Å². The molecule has 1 aliphatic heterocycles. The molecule has 6 nitrogen and oxygen atoms in total. The Kier molecular flexibility index (Phi) is 3.72. The molecular weight excluding hydrogens is 270 g/mol. The fraction of sp³-hybridized carbons (Fsp3) is 0.333. The van der Waals surface area contributed by atoms with Crippen molar-refractivity contribution < 1.29 is 14.6 Å². The van der Waals surface area contributed by atoms with Gasteiger partial charge in [0.05, 0.1) is 19.1 Å². The molecule has 2 aromatic rings. The maximum absolute atomic E-state index is 12.3. The normalized spacial score (nSPS) is 21.4. The number of amides is 1. The van der Waals surface area contributed by atoms with Gasteiger partial charge in [-0.15, -0.1) is 0 Å². The number of carbonyl (C=O) groups is 1. The SMILES string of the molecule is O=C(NCC1(O)CCOC1)c1cncn1-c1ccccc1. The minimum Gasteiger partial charge on any atom is -0.386 e. The Morgan fingerprint density at radius 3 is 2.95 bits per heavy atom. The third-order valence-electron chi connectivity index (χ3n) is 3.57. The van der Waals surface area contributed by atoms with E-state index in [0.29, 0.717) is 18.7 Å². The van der Waals surface area contributed by atoms with Gasteiger partial charge >= 0.3 is 0 Å². The molecule has 1 fully saturated rings. The first kappa shape index (κ1) is 13.8. The summed E-state index contributed by atoms with van der Waals surface area (Å²) in [6.07, 6.45) is 3.64. The topological polar surface area (TPSA) is 76.4 Å². The molecule has 1 unspecified atom stereocenters. The Morgan fingerprint density at radius 1 is 1.43 bits per heavy atom. The van der Waals surface area contributed by atoms with Gasteiger partial charge in [-0.05, 0) is 12.1 Å². The first-order valence-electron chi connectivity index (χ1n) is 6.84. The van der Waals surface area contributed by atoms with E-state index in [1.54, 1.807) is 10.9 Å². The van der Waals surface area contributed by atoms with Crippen LogP contribution < -0.4 is 5.32 Å². The molecule has 1 aromatic carbocycles. The molecule has 1 amide bonds. The second-order valence-corrected chi connectivity index (χ2v) is 5.19. The van der Waals surface area contributed by atoms with E-state index in [9.17, 15) is 9.90 Å². The molecule has 0 saturated carbocycles. The second kappa shape index (κ2) is 5.67. The summed E-state index contributed by atoms with van der Waals surface area (Å²) in [4.78, 5) is 16.3. The summed E-state index contributed by atoms with van der Waals surface area (Å²) in [6, 6.07) is 9.51. The molecule has 1 aliphatic rings. The van der Waals surface area contributed by atoms with E-state index < -0.39 is 5.60 Å². The average molecular weight is 287 g/mol. The van der Waals surface area contributed by atoms with Gasteiger partial charge in [0.25, 0.3) is 5.91 Å². The highest BCUT2D eigenvalue weighted by atomic mass is 16.5. The summed E-state index contributed by atoms with van der Waals surface area (Å²) >= 11 is 0. The summed E-state index contributed by atoms with van der Waals surface area (Å²) in [5, 5.41) is 12.9. The van der Waals surface area contributed by atoms with Crippen LogP contribution in [0.1, 0.15) is 16.9 Å². The molecule has 6 heteroatoms. The Bertz CT molecular complexity index is 618. The maximum atomic E-state index is 12.3. The van der Waals surface area contributed by atoms with E-state index in [0.717, 1.165) is 5.69 Å². The molecule has 0 aliphatic carbocycles. The lowest BCUT2D eigenvalue weighted by Crippen LogP contribution is -2.43. The van der Waals surface area contributed by atoms with Crippen molar-refractivity contribution in [3.05, 3.63) is 48.5 Å². The van der Waals surface area contributed by atoms with Gasteiger partial charge < -0.3 is 15.2 Å². The Hall–Kier alpha value is -2.18. The summed E-state index contributed by atoms with van der Waals surface area (Å²) < 4.78 is 6.87. The second-order valence-electron chi connectivity index (χ2n) is 5.19. The number of para-hydroxylation sites is 1. The molecule has 3 rings (SSSR count). The molecule has 21 heavy (non-hydrogen) atoms. The molecule has 2 heterocycles. The van der Waals surface area contributed by atoms with Crippen LogP contribution in [0.25, 0.3) is 5.69 Å². The highest BCUT2D eigenvalue weighted by Crippen LogP contribution is 2.17. The van der Waals surface area contributed by atoms with Crippen molar-refractivity contribution in [1.82, 2.24) is 14.9 Å². The summed E-state index contributed by atoms with van der Waals surface area (Å²) in [6.45, 7) is 0.950. The molecule has 0 radical (unpaired) electrons. The summed E-state index contributed by atoms with van der Waals surface area (Å²) in [7, 11) is 0. The quantitative estimate of drug-likeness (QED) is 0.870. The van der Waals surface area contributed by atoms with Crippen molar-refractivity contribution in [3.8, 4) is 5.69 Å². The number of nitrogens with one attached hydrogen (secondary N) is 1. The highest BCUT2D eigenvalue weighted by molar-refractivity contribution is 5.93. The van der Waals surface area contributed by atoms with Crippen molar-refractivity contribution in [2.75, 3.05) is 19.8 Å². The van der Waals surface area contributed by atoms with Crippen LogP contribution in [0.15, 0.2) is 42.9 Å². The zero-order chi connectivity index (χ0) is 14.7. The van der Waals surface area contributed by atoms with E-state index in [1.807, 2.05) is 30.3 Å². The van der Waals surface area contributed by atoms with Gasteiger partial charge in [0.2, 0.25) is 0 Å². The maximum Gasteiger partial charge on any atom is 0.270 e. The van der Waals surface area contributed by atoms with Gasteiger partial charge in [0.15, 0.2) is 0 Å². The largest absolute Gasteiger partial charge is 0.386 e. The third-order valence-corrected chi connectivity index (χ3v) is 3.57. The van der Waals surface area contributed by atoms with E-state index in [2.05, 4.69) is 10.3 Å². The molecule has 1 aromatic heterocycles. The lowest BCUT2D eigenvalue weighted by Gasteiger charge is -2.20. The predicted molar refractivity (Wildman–Crippen MR) is 76.3 cm³/mol. The molecule has 110 valence electrons. The van der Waals surface area contributed by atoms with E-state index in [-0.39, 0.29) is 19.1 Å². The van der Waals surface area contributed by atoms with E-state index >= 15 is 0 Å². The van der Waals surface area contributed by atoms with Crippen molar-refractivity contribution in [3.63, 3.8) is 0 Å². The van der Waals surface area contributed by atoms with E-state index in [1.165, 1.54) is 6.20 Å². The number of aromatic nitrogens is 2. The molecular formula is C15H17N3O3. The molecule has 0 bridgehead atoms. The van der Waals surface area contributed by atoms with Crippen molar-refractivity contribution in [2.45, 2.75) is 12.0 Å². The molecule has 1 saturated heterocycles. The third kappa shape index (κ3) is 2.96. The first-order chi connectivity index (χ1) is 10.2. The lowest BCUT2D eigenvalue weighted by molar-refractivity contribution is 0.0264. The zero-order valence-electron chi connectivity index (χ0n) is 11.5. The van der Waals surface area contributed by atoms with Gasteiger partial charge in [0.1, 0.15) is 11.3 Å². The van der Waals surface area contributed by atoms with Crippen LogP contribution in [0.2, 0.25) is 0 Å². The first-order valence-corrected chi connectivity index (χ1v) is 6.84. The molecule has 2 N–H and O–H groups in total. The molecule has 1 atom stereocenters. The van der Waals surface area contributed by atoms with Crippen LogP contribution >= 0.6 is 0 Å². The van der Waals surface area contributed by atoms with Gasteiger partial charge in [-0.3, -0.25) is 9.36 Å². The number of hydrogen-bond donors (Lipinski definition) is 2. The Labute approximate surface area is 122 Å². The Morgan fingerprint density at radius 2 is 2.24 bits per heavy atom. The number of benzene rings is 1. The van der Waals surface area contributed by atoms with Crippen LogP contribution in [0, 0.1) is 0 Å². The van der Waals surface area contributed by atoms with Crippen LogP contribution in [0.3, 0.4) is 0 Å². The van der Waals surface area contributed by atoms with Crippen molar-refractivity contribution >= 4 is 5.91 Å².